The van der Waals surface area contributed by atoms with Crippen LogP contribution in [0.2, 0.25) is 0 Å². The Morgan fingerprint density at radius 2 is 2.00 bits per heavy atom. The zero-order valence-electron chi connectivity index (χ0n) is 11.3. The molecule has 4 nitrogen and oxygen atoms in total. The second kappa shape index (κ2) is 6.15. The van der Waals surface area contributed by atoms with Crippen LogP contribution in [-0.4, -0.2) is 40.3 Å². The second-order valence-electron chi connectivity index (χ2n) is 5.89. The molecular formula is C13H24N2O2S. The lowest BCUT2D eigenvalue weighted by Gasteiger charge is -2.29. The summed E-state index contributed by atoms with van der Waals surface area (Å²) >= 11 is 0. The van der Waals surface area contributed by atoms with Crippen molar-refractivity contribution >= 4 is 16.7 Å². The maximum atomic E-state index is 11.9. The van der Waals surface area contributed by atoms with Crippen molar-refractivity contribution in [2.45, 2.75) is 57.2 Å². The Hall–Kier alpha value is -0.420. The lowest BCUT2D eigenvalue weighted by atomic mass is 9.89. The largest absolute Gasteiger partial charge is 0.353 e. The number of rotatable bonds is 5. The van der Waals surface area contributed by atoms with Crippen LogP contribution in [0.1, 0.15) is 39.0 Å². The van der Waals surface area contributed by atoms with Gasteiger partial charge >= 0.3 is 0 Å². The van der Waals surface area contributed by atoms with E-state index in [2.05, 4.69) is 10.6 Å². The summed E-state index contributed by atoms with van der Waals surface area (Å²) in [5.74, 6) is 1.20. The van der Waals surface area contributed by atoms with E-state index in [1.54, 1.807) is 6.26 Å². The van der Waals surface area contributed by atoms with E-state index < -0.39 is 10.8 Å². The number of carbonyl (C=O) groups is 1. The molecule has 2 aliphatic heterocycles. The molecule has 2 rings (SSSR count). The first-order valence-electron chi connectivity index (χ1n) is 6.88. The summed E-state index contributed by atoms with van der Waals surface area (Å²) in [4.78, 5) is 11.9. The molecule has 104 valence electrons. The van der Waals surface area contributed by atoms with Crippen molar-refractivity contribution < 1.29 is 9.00 Å². The Labute approximate surface area is 112 Å². The summed E-state index contributed by atoms with van der Waals surface area (Å²) in [5.41, 5.74) is 0. The Bertz CT molecular complexity index is 323. The highest BCUT2D eigenvalue weighted by Gasteiger charge is 2.34. The van der Waals surface area contributed by atoms with Gasteiger partial charge in [0.25, 0.3) is 0 Å². The van der Waals surface area contributed by atoms with Gasteiger partial charge in [-0.2, -0.15) is 0 Å². The monoisotopic (exact) mass is 272 g/mol. The third-order valence-electron chi connectivity index (χ3n) is 3.94. The first-order valence-corrected chi connectivity index (χ1v) is 8.61. The van der Waals surface area contributed by atoms with Crippen LogP contribution < -0.4 is 10.6 Å². The smallest absolute Gasteiger partial charge is 0.220 e. The molecule has 5 heteroatoms. The van der Waals surface area contributed by atoms with Gasteiger partial charge in [0.2, 0.25) is 5.91 Å². The van der Waals surface area contributed by atoms with Crippen molar-refractivity contribution in [1.29, 1.82) is 0 Å². The minimum Gasteiger partial charge on any atom is -0.353 e. The van der Waals surface area contributed by atoms with Gasteiger partial charge in [-0.05, 0) is 38.5 Å². The number of piperidine rings is 1. The molecule has 0 saturated carbocycles. The summed E-state index contributed by atoms with van der Waals surface area (Å²) in [6, 6.07) is 1.30. The third kappa shape index (κ3) is 4.05. The van der Waals surface area contributed by atoms with Gasteiger partial charge in [0, 0.05) is 47.4 Å². The third-order valence-corrected chi connectivity index (χ3v) is 4.91. The van der Waals surface area contributed by atoms with E-state index in [9.17, 15) is 9.00 Å². The van der Waals surface area contributed by atoms with Crippen LogP contribution in [0, 0.1) is 5.92 Å². The van der Waals surface area contributed by atoms with Crippen LogP contribution in [-0.2, 0) is 15.6 Å². The van der Waals surface area contributed by atoms with Crippen LogP contribution in [0.15, 0.2) is 0 Å². The highest BCUT2D eigenvalue weighted by Crippen LogP contribution is 2.32. The van der Waals surface area contributed by atoms with Gasteiger partial charge in [-0.3, -0.25) is 9.00 Å². The average molecular weight is 272 g/mol. The first-order chi connectivity index (χ1) is 8.52. The molecule has 2 N–H and O–H groups in total. The van der Waals surface area contributed by atoms with E-state index in [1.807, 2.05) is 6.92 Å². The summed E-state index contributed by atoms with van der Waals surface area (Å²) in [5, 5.41) is 6.54. The first kappa shape index (κ1) is 14.0. The molecule has 2 saturated heterocycles. The number of hydrogen-bond donors (Lipinski definition) is 2. The Morgan fingerprint density at radius 3 is 2.56 bits per heavy atom. The van der Waals surface area contributed by atoms with Crippen LogP contribution in [0.25, 0.3) is 0 Å². The summed E-state index contributed by atoms with van der Waals surface area (Å²) in [6.07, 6.45) is 7.13. The summed E-state index contributed by atoms with van der Waals surface area (Å²) in [7, 11) is -0.845. The van der Waals surface area contributed by atoms with Gasteiger partial charge < -0.3 is 10.6 Å². The van der Waals surface area contributed by atoms with Gasteiger partial charge in [-0.25, -0.2) is 0 Å². The molecule has 2 bridgehead atoms. The fraction of sp³-hybridized carbons (Fsp3) is 0.923. The quantitative estimate of drug-likeness (QED) is 0.778. The van der Waals surface area contributed by atoms with Crippen molar-refractivity contribution in [3.8, 4) is 0 Å². The molecule has 2 aliphatic rings. The fourth-order valence-corrected chi connectivity index (χ4v) is 4.12. The summed E-state index contributed by atoms with van der Waals surface area (Å²) in [6.45, 7) is 1.92. The van der Waals surface area contributed by atoms with Crippen LogP contribution in [0.5, 0.6) is 0 Å². The molecule has 2 heterocycles. The molecule has 0 aliphatic carbocycles. The van der Waals surface area contributed by atoms with E-state index in [1.165, 1.54) is 12.8 Å². The molecule has 18 heavy (non-hydrogen) atoms. The van der Waals surface area contributed by atoms with Crippen molar-refractivity contribution in [2.75, 3.05) is 12.0 Å². The molecule has 0 radical (unpaired) electrons. The predicted molar refractivity (Wildman–Crippen MR) is 73.8 cm³/mol. The number of amides is 1. The molecule has 0 aromatic rings. The minimum absolute atomic E-state index is 0.0155. The molecule has 1 amide bonds. The van der Waals surface area contributed by atoms with E-state index in [0.29, 0.717) is 30.2 Å². The van der Waals surface area contributed by atoms with Gasteiger partial charge in [-0.1, -0.05) is 0 Å². The number of nitrogens with one attached hydrogen (secondary N) is 2. The highest BCUT2D eigenvalue weighted by atomic mass is 32.2. The average Bonchev–Trinajstić information content (AvgIpc) is 2.56. The van der Waals surface area contributed by atoms with Gasteiger partial charge in [0.1, 0.15) is 0 Å². The van der Waals surface area contributed by atoms with Gasteiger partial charge in [-0.15, -0.1) is 0 Å². The zero-order valence-corrected chi connectivity index (χ0v) is 12.1. The lowest BCUT2D eigenvalue weighted by Crippen LogP contribution is -2.41. The van der Waals surface area contributed by atoms with Gasteiger partial charge in [0.15, 0.2) is 0 Å². The highest BCUT2D eigenvalue weighted by molar-refractivity contribution is 7.84. The second-order valence-corrected chi connectivity index (χ2v) is 7.37. The molecule has 0 spiro atoms. The lowest BCUT2D eigenvalue weighted by molar-refractivity contribution is -0.122. The molecule has 0 aromatic carbocycles. The van der Waals surface area contributed by atoms with Gasteiger partial charge in [0.05, 0.1) is 0 Å². The van der Waals surface area contributed by atoms with Crippen LogP contribution in [0.4, 0.5) is 0 Å². The fourth-order valence-electron chi connectivity index (χ4n) is 3.33. The van der Waals surface area contributed by atoms with E-state index in [0.717, 1.165) is 12.8 Å². The zero-order chi connectivity index (χ0) is 13.1. The molecule has 0 aromatic heterocycles. The van der Waals surface area contributed by atoms with Crippen molar-refractivity contribution in [1.82, 2.24) is 10.6 Å². The van der Waals surface area contributed by atoms with E-state index in [-0.39, 0.29) is 11.9 Å². The summed E-state index contributed by atoms with van der Waals surface area (Å²) < 4.78 is 11.1. The number of fused-ring (bicyclic) bond motifs is 2. The number of hydrogen-bond acceptors (Lipinski definition) is 3. The molecule has 4 atom stereocenters. The van der Waals surface area contributed by atoms with Crippen molar-refractivity contribution in [3.63, 3.8) is 0 Å². The maximum absolute atomic E-state index is 11.9. The standard InChI is InChI=1S/C13H24N2O2S/c1-9(8-18(2)17)14-13(16)7-10-5-11-3-4-12(6-10)15-11/h9-12,15H,3-8H2,1-2H3,(H,14,16). The molecular weight excluding hydrogens is 248 g/mol. The maximum Gasteiger partial charge on any atom is 0.220 e. The van der Waals surface area contributed by atoms with Crippen molar-refractivity contribution in [2.24, 2.45) is 5.92 Å². The SMILES string of the molecule is CC(CS(C)=O)NC(=O)CC1CC2CCC(C1)N2. The van der Waals surface area contributed by atoms with Crippen LogP contribution >= 0.6 is 0 Å². The van der Waals surface area contributed by atoms with E-state index >= 15 is 0 Å². The van der Waals surface area contributed by atoms with Crippen molar-refractivity contribution in [3.05, 3.63) is 0 Å². The Kier molecular flexibility index (Phi) is 4.78. The Morgan fingerprint density at radius 1 is 1.39 bits per heavy atom. The minimum atomic E-state index is -0.845. The van der Waals surface area contributed by atoms with E-state index in [4.69, 9.17) is 0 Å². The van der Waals surface area contributed by atoms with Crippen LogP contribution in [0.3, 0.4) is 0 Å². The molecule has 2 fully saturated rings. The normalized spacial score (nSPS) is 34.0. The molecule has 4 unspecified atom stereocenters. The topological polar surface area (TPSA) is 58.2 Å². The predicted octanol–water partition coefficient (Wildman–Crippen LogP) is 0.790. The number of carbonyl (C=O) groups excluding carboxylic acids is 1. The Balaban J connectivity index is 1.72.